The lowest BCUT2D eigenvalue weighted by Gasteiger charge is -2.29. The maximum absolute atomic E-state index is 6.11. The quantitative estimate of drug-likeness (QED) is 0.280. The summed E-state index contributed by atoms with van der Waals surface area (Å²) in [5, 5.41) is 0. The highest BCUT2D eigenvalue weighted by Gasteiger charge is 2.28. The Morgan fingerprint density at radius 2 is 0.903 bits per heavy atom. The summed E-state index contributed by atoms with van der Waals surface area (Å²) in [6, 6.07) is 8.31. The van der Waals surface area contributed by atoms with E-state index in [4.69, 9.17) is 20.9 Å². The van der Waals surface area contributed by atoms with Gasteiger partial charge in [0.25, 0.3) is 0 Å². The fourth-order valence-electron chi connectivity index (χ4n) is 2.78. The Bertz CT molecular complexity index is 812. The van der Waals surface area contributed by atoms with E-state index < -0.39 is 0 Å². The Labute approximate surface area is 219 Å². The lowest BCUT2D eigenvalue weighted by molar-refractivity contribution is 0.156. The number of benzene rings is 2. The predicted molar refractivity (Wildman–Crippen MR) is 143 cm³/mol. The molecule has 0 fully saturated rings. The standard InChI is InChI=1S/C23H30Br4N2O2/c1-11(2)21(28)30-19-15(24)7-13(8-16(19)25)23(5,6)14-9-17(26)20(18(27)10-14)31-22(29)12(3)4/h7-12,21-22H,28-29H2,1-6H3. The second-order valence-corrected chi connectivity index (χ2v) is 12.2. The van der Waals surface area contributed by atoms with Crippen LogP contribution < -0.4 is 20.9 Å². The van der Waals surface area contributed by atoms with Crippen molar-refractivity contribution in [2.75, 3.05) is 0 Å². The van der Waals surface area contributed by atoms with Crippen molar-refractivity contribution >= 4 is 63.7 Å². The Kier molecular flexibility index (Phi) is 9.51. The van der Waals surface area contributed by atoms with E-state index in [1.54, 1.807) is 0 Å². The maximum atomic E-state index is 6.11. The largest absolute Gasteiger partial charge is 0.473 e. The lowest BCUT2D eigenvalue weighted by atomic mass is 9.78. The second-order valence-electron chi connectivity index (χ2n) is 8.82. The predicted octanol–water partition coefficient (Wildman–Crippen LogP) is 7.70. The van der Waals surface area contributed by atoms with Crippen molar-refractivity contribution in [3.05, 3.63) is 53.3 Å². The average Bonchev–Trinajstić information content (AvgIpc) is 2.66. The first kappa shape index (κ1) is 27.1. The summed E-state index contributed by atoms with van der Waals surface area (Å²) in [6.07, 6.45) is -0.772. The Morgan fingerprint density at radius 1 is 0.645 bits per heavy atom. The van der Waals surface area contributed by atoms with Gasteiger partial charge in [-0.25, -0.2) is 0 Å². The number of nitrogens with two attached hydrogens (primary N) is 2. The van der Waals surface area contributed by atoms with Crippen LogP contribution in [0.3, 0.4) is 0 Å². The van der Waals surface area contributed by atoms with Gasteiger partial charge in [-0.05, 0) is 99.1 Å². The molecule has 8 heteroatoms. The fourth-order valence-corrected chi connectivity index (χ4v) is 5.52. The number of halogens is 4. The van der Waals surface area contributed by atoms with Crippen LogP contribution in [0.15, 0.2) is 42.2 Å². The third kappa shape index (κ3) is 6.48. The topological polar surface area (TPSA) is 70.5 Å². The van der Waals surface area contributed by atoms with Crippen LogP contribution in [0, 0.1) is 11.8 Å². The van der Waals surface area contributed by atoms with Crippen LogP contribution in [-0.2, 0) is 5.41 Å². The molecule has 0 saturated carbocycles. The van der Waals surface area contributed by atoms with Gasteiger partial charge in [-0.2, -0.15) is 0 Å². The third-order valence-electron chi connectivity index (χ3n) is 5.26. The van der Waals surface area contributed by atoms with Gasteiger partial charge in [0.2, 0.25) is 0 Å². The summed E-state index contributed by atoms with van der Waals surface area (Å²) in [7, 11) is 0. The van der Waals surface area contributed by atoms with Gasteiger partial charge in [0.15, 0.2) is 0 Å². The van der Waals surface area contributed by atoms with Gasteiger partial charge in [0.1, 0.15) is 24.0 Å². The minimum atomic E-state index is -0.386. The molecule has 0 bridgehead atoms. The van der Waals surface area contributed by atoms with Gasteiger partial charge in [0.05, 0.1) is 17.9 Å². The highest BCUT2D eigenvalue weighted by Crippen LogP contribution is 2.44. The van der Waals surface area contributed by atoms with Crippen LogP contribution in [0.2, 0.25) is 0 Å². The first-order chi connectivity index (χ1) is 14.2. The minimum absolute atomic E-state index is 0.203. The second kappa shape index (κ2) is 10.9. The average molecular weight is 686 g/mol. The molecule has 2 unspecified atom stereocenters. The molecule has 0 spiro atoms. The van der Waals surface area contributed by atoms with E-state index in [1.165, 1.54) is 0 Å². The van der Waals surface area contributed by atoms with Crippen LogP contribution >= 0.6 is 63.7 Å². The molecule has 2 aromatic rings. The molecule has 4 nitrogen and oxygen atoms in total. The van der Waals surface area contributed by atoms with E-state index in [-0.39, 0.29) is 29.7 Å². The van der Waals surface area contributed by atoms with Crippen LogP contribution in [0.4, 0.5) is 0 Å². The summed E-state index contributed by atoms with van der Waals surface area (Å²) in [5.41, 5.74) is 14.1. The van der Waals surface area contributed by atoms with Gasteiger partial charge in [-0.1, -0.05) is 41.5 Å². The molecule has 0 saturated heterocycles. The maximum Gasteiger partial charge on any atom is 0.150 e. The van der Waals surface area contributed by atoms with E-state index >= 15 is 0 Å². The lowest BCUT2D eigenvalue weighted by Crippen LogP contribution is -2.33. The first-order valence-electron chi connectivity index (χ1n) is 10.1. The van der Waals surface area contributed by atoms with Crippen LogP contribution in [0.1, 0.15) is 52.7 Å². The zero-order valence-electron chi connectivity index (χ0n) is 18.6. The molecule has 0 aliphatic rings. The van der Waals surface area contributed by atoms with Gasteiger partial charge in [-0.3, -0.25) is 11.5 Å². The first-order valence-corrected chi connectivity index (χ1v) is 13.3. The van der Waals surface area contributed by atoms with Gasteiger partial charge in [0, 0.05) is 17.3 Å². The molecular weight excluding hydrogens is 656 g/mol. The van der Waals surface area contributed by atoms with Crippen molar-refractivity contribution in [2.24, 2.45) is 23.3 Å². The van der Waals surface area contributed by atoms with Crippen molar-refractivity contribution in [2.45, 2.75) is 59.4 Å². The fraction of sp³-hybridized carbons (Fsp3) is 0.478. The van der Waals surface area contributed by atoms with Gasteiger partial charge < -0.3 is 9.47 Å². The van der Waals surface area contributed by atoms with E-state index in [0.29, 0.717) is 11.5 Å². The number of hydrogen-bond donors (Lipinski definition) is 2. The zero-order valence-corrected chi connectivity index (χ0v) is 24.9. The third-order valence-corrected chi connectivity index (χ3v) is 7.62. The minimum Gasteiger partial charge on any atom is -0.473 e. The normalized spacial score (nSPS) is 14.1. The van der Waals surface area contributed by atoms with E-state index in [0.717, 1.165) is 29.0 Å². The van der Waals surface area contributed by atoms with Gasteiger partial charge in [-0.15, -0.1) is 0 Å². The summed E-state index contributed by atoms with van der Waals surface area (Å²) in [4.78, 5) is 0. The van der Waals surface area contributed by atoms with Crippen molar-refractivity contribution < 1.29 is 9.47 Å². The molecule has 0 radical (unpaired) electrons. The number of rotatable bonds is 8. The van der Waals surface area contributed by atoms with Crippen molar-refractivity contribution in [3.8, 4) is 11.5 Å². The van der Waals surface area contributed by atoms with Crippen LogP contribution in [0.5, 0.6) is 11.5 Å². The molecule has 31 heavy (non-hydrogen) atoms. The Hall–Kier alpha value is -0.120. The SMILES string of the molecule is CC(C)C(N)Oc1c(Br)cc(C(C)(C)c2cc(Br)c(OC(N)C(C)C)c(Br)c2)cc1Br. The molecule has 172 valence electrons. The monoisotopic (exact) mass is 682 g/mol. The highest BCUT2D eigenvalue weighted by atomic mass is 79.9. The Balaban J connectivity index is 2.43. The smallest absolute Gasteiger partial charge is 0.150 e. The summed E-state index contributed by atoms with van der Waals surface area (Å²) in [5.74, 6) is 1.81. The molecule has 0 amide bonds. The van der Waals surface area contributed by atoms with Crippen LogP contribution in [-0.4, -0.2) is 12.5 Å². The summed E-state index contributed by atoms with van der Waals surface area (Å²) in [6.45, 7) is 12.5. The number of ether oxygens (including phenoxy) is 2. The van der Waals surface area contributed by atoms with Crippen molar-refractivity contribution in [1.82, 2.24) is 0 Å². The molecule has 0 aliphatic heterocycles. The summed E-state index contributed by atoms with van der Waals surface area (Å²) >= 11 is 14.6. The van der Waals surface area contributed by atoms with Crippen molar-refractivity contribution in [3.63, 3.8) is 0 Å². The molecule has 0 aliphatic carbocycles. The molecule has 2 atom stereocenters. The Morgan fingerprint density at radius 3 is 1.13 bits per heavy atom. The van der Waals surface area contributed by atoms with E-state index in [2.05, 4.69) is 102 Å². The molecule has 0 aromatic heterocycles. The van der Waals surface area contributed by atoms with E-state index in [1.807, 2.05) is 27.7 Å². The molecule has 0 heterocycles. The summed E-state index contributed by atoms with van der Waals surface area (Å²) < 4.78 is 15.3. The zero-order chi connectivity index (χ0) is 23.7. The highest BCUT2D eigenvalue weighted by molar-refractivity contribution is 9.11. The van der Waals surface area contributed by atoms with Crippen LogP contribution in [0.25, 0.3) is 0 Å². The van der Waals surface area contributed by atoms with Crippen molar-refractivity contribution in [1.29, 1.82) is 0 Å². The molecular formula is C23H30Br4N2O2. The molecule has 4 N–H and O–H groups in total. The molecule has 2 aromatic carbocycles. The van der Waals surface area contributed by atoms with Gasteiger partial charge >= 0.3 is 0 Å². The van der Waals surface area contributed by atoms with E-state index in [9.17, 15) is 0 Å². The number of hydrogen-bond acceptors (Lipinski definition) is 4. The molecule has 2 rings (SSSR count).